The van der Waals surface area contributed by atoms with Crippen LogP contribution in [-0.2, 0) is 7.05 Å². The first-order valence-electron chi connectivity index (χ1n) is 5.46. The van der Waals surface area contributed by atoms with Gasteiger partial charge in [-0.3, -0.25) is 0 Å². The summed E-state index contributed by atoms with van der Waals surface area (Å²) in [5, 5.41) is 3.71. The van der Waals surface area contributed by atoms with Crippen molar-refractivity contribution >= 4 is 22.5 Å². The molecule has 3 aromatic rings. The molecule has 0 N–H and O–H groups in total. The summed E-state index contributed by atoms with van der Waals surface area (Å²) in [6, 6.07) is 14.9. The van der Waals surface area contributed by atoms with Crippen LogP contribution in [0.2, 0.25) is 0 Å². The number of aromatic nitrogens is 2. The average Bonchev–Trinajstić information content (AvgIpc) is 2.75. The Morgan fingerprint density at radius 1 is 1.06 bits per heavy atom. The molecule has 0 amide bonds. The normalized spacial score (nSPS) is 10.9. The highest BCUT2D eigenvalue weighted by atomic mass is 32.2. The molecule has 0 fully saturated rings. The first-order valence-corrected chi connectivity index (χ1v) is 6.27. The Morgan fingerprint density at radius 2 is 1.88 bits per heavy atom. The molecule has 0 saturated carbocycles. The fraction of sp³-hybridized carbons (Fsp3) is 0.0714. The van der Waals surface area contributed by atoms with Crippen LogP contribution in [0.5, 0.6) is 0 Å². The Balaban J connectivity index is 1.99. The van der Waals surface area contributed by atoms with Crippen LogP contribution in [0.3, 0.4) is 0 Å². The van der Waals surface area contributed by atoms with Crippen molar-refractivity contribution in [3.63, 3.8) is 0 Å². The quantitative estimate of drug-likeness (QED) is 0.679. The molecule has 0 spiro atoms. The van der Waals surface area contributed by atoms with Crippen molar-refractivity contribution in [1.82, 2.24) is 9.55 Å². The number of benzene rings is 2. The van der Waals surface area contributed by atoms with E-state index in [9.17, 15) is 0 Å². The van der Waals surface area contributed by atoms with Crippen molar-refractivity contribution in [2.24, 2.45) is 7.05 Å². The third-order valence-electron chi connectivity index (χ3n) is 2.72. The van der Waals surface area contributed by atoms with Gasteiger partial charge in [-0.2, -0.15) is 0 Å². The summed E-state index contributed by atoms with van der Waals surface area (Å²) >= 11 is 1.74. The van der Waals surface area contributed by atoms with Gasteiger partial charge in [0.25, 0.3) is 0 Å². The molecule has 1 heterocycles. The van der Waals surface area contributed by atoms with Gasteiger partial charge in [-0.15, -0.1) is 0 Å². The highest BCUT2D eigenvalue weighted by Crippen LogP contribution is 2.29. The van der Waals surface area contributed by atoms with Gasteiger partial charge in [-0.1, -0.05) is 42.1 Å². The Hall–Kier alpha value is -1.74. The standard InChI is InChI=1S/C14H12N2S/c1-16-10-15-9-14(16)17-13-7-6-11-4-2-3-5-12(11)8-13/h2-10H,1H3. The molecule has 2 aromatic carbocycles. The number of hydrogen-bond donors (Lipinski definition) is 0. The van der Waals surface area contributed by atoms with Gasteiger partial charge in [-0.05, 0) is 22.9 Å². The molecule has 0 saturated heterocycles. The lowest BCUT2D eigenvalue weighted by Crippen LogP contribution is -1.86. The van der Waals surface area contributed by atoms with E-state index in [-0.39, 0.29) is 0 Å². The monoisotopic (exact) mass is 240 g/mol. The molecule has 84 valence electrons. The Labute approximate surface area is 104 Å². The number of aryl methyl sites for hydroxylation is 1. The van der Waals surface area contributed by atoms with Crippen molar-refractivity contribution in [3.8, 4) is 0 Å². The van der Waals surface area contributed by atoms with Crippen LogP contribution in [0, 0.1) is 0 Å². The van der Waals surface area contributed by atoms with Crippen molar-refractivity contribution < 1.29 is 0 Å². The molecule has 0 atom stereocenters. The molecule has 3 rings (SSSR count). The van der Waals surface area contributed by atoms with Gasteiger partial charge < -0.3 is 4.57 Å². The van der Waals surface area contributed by atoms with Crippen molar-refractivity contribution in [2.45, 2.75) is 9.92 Å². The number of imidazole rings is 1. The number of nitrogens with zero attached hydrogens (tertiary/aromatic N) is 2. The molecule has 0 aliphatic carbocycles. The van der Waals surface area contributed by atoms with Crippen molar-refractivity contribution in [1.29, 1.82) is 0 Å². The Kier molecular flexibility index (Phi) is 2.61. The molecule has 2 nitrogen and oxygen atoms in total. The Bertz CT molecular complexity index is 658. The van der Waals surface area contributed by atoms with Crippen LogP contribution < -0.4 is 0 Å². The average molecular weight is 240 g/mol. The minimum atomic E-state index is 1.15. The van der Waals surface area contributed by atoms with Gasteiger partial charge in [0.1, 0.15) is 0 Å². The largest absolute Gasteiger partial charge is 0.329 e. The second-order valence-corrected chi connectivity index (χ2v) is 5.05. The lowest BCUT2D eigenvalue weighted by Gasteiger charge is -2.03. The third kappa shape index (κ3) is 2.06. The summed E-state index contributed by atoms with van der Waals surface area (Å²) in [6.45, 7) is 0. The maximum Gasteiger partial charge on any atom is 0.0991 e. The van der Waals surface area contributed by atoms with E-state index in [4.69, 9.17) is 0 Å². The zero-order valence-electron chi connectivity index (χ0n) is 9.50. The molecule has 3 heteroatoms. The van der Waals surface area contributed by atoms with E-state index >= 15 is 0 Å². The summed E-state index contributed by atoms with van der Waals surface area (Å²) in [5.74, 6) is 0. The van der Waals surface area contributed by atoms with Gasteiger partial charge in [0.05, 0.1) is 17.6 Å². The Morgan fingerprint density at radius 3 is 2.65 bits per heavy atom. The third-order valence-corrected chi connectivity index (χ3v) is 3.81. The van der Waals surface area contributed by atoms with Gasteiger partial charge in [-0.25, -0.2) is 4.98 Å². The van der Waals surface area contributed by atoms with Gasteiger partial charge in [0, 0.05) is 11.9 Å². The van der Waals surface area contributed by atoms with E-state index in [2.05, 4.69) is 47.4 Å². The number of fused-ring (bicyclic) bond motifs is 1. The minimum absolute atomic E-state index is 1.15. The topological polar surface area (TPSA) is 17.8 Å². The summed E-state index contributed by atoms with van der Waals surface area (Å²) < 4.78 is 2.03. The predicted molar refractivity (Wildman–Crippen MR) is 71.3 cm³/mol. The molecule has 1 aromatic heterocycles. The first kappa shape index (κ1) is 10.4. The lowest BCUT2D eigenvalue weighted by atomic mass is 10.1. The van der Waals surface area contributed by atoms with Gasteiger partial charge in [0.2, 0.25) is 0 Å². The molecular formula is C14H12N2S. The number of hydrogen-bond acceptors (Lipinski definition) is 2. The first-order chi connectivity index (χ1) is 8.33. The maximum absolute atomic E-state index is 4.12. The van der Waals surface area contributed by atoms with Crippen LogP contribution in [0.4, 0.5) is 0 Å². The van der Waals surface area contributed by atoms with E-state index in [1.165, 1.54) is 15.7 Å². The number of rotatable bonds is 2. The lowest BCUT2D eigenvalue weighted by molar-refractivity contribution is 0.824. The molecule has 0 bridgehead atoms. The van der Waals surface area contributed by atoms with Crippen LogP contribution >= 0.6 is 11.8 Å². The molecule has 0 aliphatic rings. The zero-order valence-corrected chi connectivity index (χ0v) is 10.3. The summed E-state index contributed by atoms with van der Waals surface area (Å²) in [4.78, 5) is 5.37. The second-order valence-electron chi connectivity index (χ2n) is 3.95. The van der Waals surface area contributed by atoms with E-state index in [0.29, 0.717) is 0 Å². The summed E-state index contributed by atoms with van der Waals surface area (Å²) in [6.07, 6.45) is 3.71. The molecule has 0 unspecified atom stereocenters. The highest BCUT2D eigenvalue weighted by Gasteiger charge is 2.02. The summed E-state index contributed by atoms with van der Waals surface area (Å²) in [7, 11) is 2.01. The zero-order chi connectivity index (χ0) is 11.7. The highest BCUT2D eigenvalue weighted by molar-refractivity contribution is 7.99. The van der Waals surface area contributed by atoms with Crippen LogP contribution in [0.25, 0.3) is 10.8 Å². The molecule has 17 heavy (non-hydrogen) atoms. The SMILES string of the molecule is Cn1cncc1Sc1ccc2ccccc2c1. The summed E-state index contributed by atoms with van der Waals surface area (Å²) in [5.41, 5.74) is 0. The van der Waals surface area contributed by atoms with Crippen molar-refractivity contribution in [3.05, 3.63) is 55.0 Å². The van der Waals surface area contributed by atoms with Crippen LogP contribution in [0.1, 0.15) is 0 Å². The fourth-order valence-electron chi connectivity index (χ4n) is 1.80. The molecule has 0 aliphatic heterocycles. The van der Waals surface area contributed by atoms with E-state index < -0.39 is 0 Å². The van der Waals surface area contributed by atoms with Crippen molar-refractivity contribution in [2.75, 3.05) is 0 Å². The van der Waals surface area contributed by atoms with Crippen LogP contribution in [-0.4, -0.2) is 9.55 Å². The van der Waals surface area contributed by atoms with E-state index in [1.54, 1.807) is 11.8 Å². The van der Waals surface area contributed by atoms with Gasteiger partial charge in [0.15, 0.2) is 0 Å². The smallest absolute Gasteiger partial charge is 0.0991 e. The van der Waals surface area contributed by atoms with E-state index in [1.807, 2.05) is 24.1 Å². The van der Waals surface area contributed by atoms with Gasteiger partial charge >= 0.3 is 0 Å². The maximum atomic E-state index is 4.12. The second kappa shape index (κ2) is 4.26. The minimum Gasteiger partial charge on any atom is -0.329 e. The fourth-order valence-corrected chi connectivity index (χ4v) is 2.66. The van der Waals surface area contributed by atoms with E-state index in [0.717, 1.165) is 5.03 Å². The molecule has 0 radical (unpaired) electrons. The van der Waals surface area contributed by atoms with Crippen LogP contribution in [0.15, 0.2) is 64.9 Å². The predicted octanol–water partition coefficient (Wildman–Crippen LogP) is 3.72. The molecular weight excluding hydrogens is 228 g/mol.